The first-order chi connectivity index (χ1) is 9.94. The lowest BCUT2D eigenvalue weighted by Crippen LogP contribution is -2.27. The standard InChI is InChI=1S/C13H16ClN3O3S/c1-9-10(7-18)4-11(14)5-13(9)21(19,20)17-3-2-12-6-15-8-16-12/h4-6,8,17-18H,2-3,7H2,1H3,(H,15,16). The highest BCUT2D eigenvalue weighted by atomic mass is 35.5. The molecule has 0 unspecified atom stereocenters. The molecule has 1 aromatic heterocycles. The number of nitrogens with one attached hydrogen (secondary N) is 2. The van der Waals surface area contributed by atoms with Crippen LogP contribution in [0.4, 0.5) is 0 Å². The zero-order chi connectivity index (χ0) is 15.5. The van der Waals surface area contributed by atoms with Gasteiger partial charge in [0.25, 0.3) is 0 Å². The van der Waals surface area contributed by atoms with Gasteiger partial charge in [0.05, 0.1) is 17.8 Å². The minimum Gasteiger partial charge on any atom is -0.392 e. The van der Waals surface area contributed by atoms with E-state index in [2.05, 4.69) is 14.7 Å². The highest BCUT2D eigenvalue weighted by Crippen LogP contribution is 2.24. The van der Waals surface area contributed by atoms with E-state index in [1.165, 1.54) is 6.07 Å². The lowest BCUT2D eigenvalue weighted by molar-refractivity contribution is 0.280. The van der Waals surface area contributed by atoms with Gasteiger partial charge < -0.3 is 10.1 Å². The van der Waals surface area contributed by atoms with Gasteiger partial charge in [0.15, 0.2) is 0 Å². The van der Waals surface area contributed by atoms with Crippen molar-refractivity contribution in [2.45, 2.75) is 24.8 Å². The molecule has 8 heteroatoms. The van der Waals surface area contributed by atoms with Crippen molar-refractivity contribution in [3.63, 3.8) is 0 Å². The van der Waals surface area contributed by atoms with Crippen molar-refractivity contribution in [3.05, 3.63) is 46.5 Å². The molecule has 0 aliphatic carbocycles. The van der Waals surface area contributed by atoms with E-state index in [-0.39, 0.29) is 23.1 Å². The van der Waals surface area contributed by atoms with Crippen LogP contribution < -0.4 is 4.72 Å². The number of nitrogens with zero attached hydrogens (tertiary/aromatic N) is 1. The zero-order valence-corrected chi connectivity index (χ0v) is 13.0. The van der Waals surface area contributed by atoms with E-state index >= 15 is 0 Å². The van der Waals surface area contributed by atoms with Crippen LogP contribution in [0.3, 0.4) is 0 Å². The number of aliphatic hydroxyl groups excluding tert-OH is 1. The molecule has 3 N–H and O–H groups in total. The Morgan fingerprint density at radius 3 is 2.81 bits per heavy atom. The number of H-pyrrole nitrogens is 1. The molecule has 2 aromatic rings. The summed E-state index contributed by atoms with van der Waals surface area (Å²) in [7, 11) is -3.68. The predicted octanol–water partition coefficient (Wildman–Crippen LogP) is 1.38. The number of aromatic amines is 1. The third-order valence-electron chi connectivity index (χ3n) is 3.13. The molecular weight excluding hydrogens is 314 g/mol. The first kappa shape index (κ1) is 16.0. The van der Waals surface area contributed by atoms with Crippen LogP contribution in [0.2, 0.25) is 5.02 Å². The monoisotopic (exact) mass is 329 g/mol. The number of imidazole rings is 1. The second kappa shape index (κ2) is 6.57. The summed E-state index contributed by atoms with van der Waals surface area (Å²) < 4.78 is 27.2. The topological polar surface area (TPSA) is 95.1 Å². The summed E-state index contributed by atoms with van der Waals surface area (Å²) in [6, 6.07) is 2.94. The Bertz CT molecular complexity index is 715. The summed E-state index contributed by atoms with van der Waals surface area (Å²) in [5.74, 6) is 0. The van der Waals surface area contributed by atoms with Gasteiger partial charge in [-0.15, -0.1) is 0 Å². The van der Waals surface area contributed by atoms with Gasteiger partial charge in [-0.2, -0.15) is 0 Å². The molecule has 0 aliphatic heterocycles. The lowest BCUT2D eigenvalue weighted by Gasteiger charge is -2.12. The van der Waals surface area contributed by atoms with Crippen molar-refractivity contribution < 1.29 is 13.5 Å². The largest absolute Gasteiger partial charge is 0.392 e. The summed E-state index contributed by atoms with van der Waals surface area (Å²) in [6.45, 7) is 1.62. The Morgan fingerprint density at radius 1 is 1.43 bits per heavy atom. The molecule has 0 saturated heterocycles. The minimum atomic E-state index is -3.68. The second-order valence-corrected chi connectivity index (χ2v) is 6.74. The Balaban J connectivity index is 2.17. The molecule has 1 heterocycles. The summed E-state index contributed by atoms with van der Waals surface area (Å²) >= 11 is 5.91. The highest BCUT2D eigenvalue weighted by molar-refractivity contribution is 7.89. The Kier molecular flexibility index (Phi) is 5.00. The number of benzene rings is 1. The van der Waals surface area contributed by atoms with Gasteiger partial charge in [0.1, 0.15) is 0 Å². The van der Waals surface area contributed by atoms with Crippen molar-refractivity contribution >= 4 is 21.6 Å². The predicted molar refractivity (Wildman–Crippen MR) is 79.6 cm³/mol. The molecule has 1 aromatic carbocycles. The fraction of sp³-hybridized carbons (Fsp3) is 0.308. The van der Waals surface area contributed by atoms with Crippen LogP contribution >= 0.6 is 11.6 Å². The van der Waals surface area contributed by atoms with E-state index in [4.69, 9.17) is 11.6 Å². The van der Waals surface area contributed by atoms with E-state index in [1.807, 2.05) is 0 Å². The van der Waals surface area contributed by atoms with E-state index in [0.717, 1.165) is 5.69 Å². The van der Waals surface area contributed by atoms with Gasteiger partial charge in [-0.3, -0.25) is 0 Å². The van der Waals surface area contributed by atoms with Crippen LogP contribution in [0.25, 0.3) is 0 Å². The van der Waals surface area contributed by atoms with E-state index in [0.29, 0.717) is 17.5 Å². The normalized spacial score (nSPS) is 11.8. The zero-order valence-electron chi connectivity index (χ0n) is 11.4. The van der Waals surface area contributed by atoms with Crippen molar-refractivity contribution in [2.24, 2.45) is 0 Å². The molecule has 0 atom stereocenters. The molecule has 0 bridgehead atoms. The van der Waals surface area contributed by atoms with Crippen molar-refractivity contribution in [1.29, 1.82) is 0 Å². The van der Waals surface area contributed by atoms with Gasteiger partial charge >= 0.3 is 0 Å². The Labute approximate surface area is 128 Å². The molecule has 6 nitrogen and oxygen atoms in total. The van der Waals surface area contributed by atoms with E-state index < -0.39 is 10.0 Å². The van der Waals surface area contributed by atoms with Gasteiger partial charge in [-0.05, 0) is 30.2 Å². The first-order valence-corrected chi connectivity index (χ1v) is 8.17. The van der Waals surface area contributed by atoms with E-state index in [1.54, 1.807) is 25.5 Å². The fourth-order valence-corrected chi connectivity index (χ4v) is 3.62. The molecule has 2 rings (SSSR count). The molecule has 0 fully saturated rings. The quantitative estimate of drug-likeness (QED) is 0.746. The maximum atomic E-state index is 12.3. The van der Waals surface area contributed by atoms with Crippen molar-refractivity contribution in [3.8, 4) is 0 Å². The van der Waals surface area contributed by atoms with Crippen LogP contribution in [-0.4, -0.2) is 30.0 Å². The molecule has 114 valence electrons. The van der Waals surface area contributed by atoms with Crippen LogP contribution in [0, 0.1) is 6.92 Å². The van der Waals surface area contributed by atoms with Crippen molar-refractivity contribution in [2.75, 3.05) is 6.54 Å². The average Bonchev–Trinajstić information content (AvgIpc) is 2.93. The molecule has 0 radical (unpaired) electrons. The summed E-state index contributed by atoms with van der Waals surface area (Å²) in [4.78, 5) is 6.85. The number of hydrogen-bond acceptors (Lipinski definition) is 4. The fourth-order valence-electron chi connectivity index (χ4n) is 1.97. The number of rotatable bonds is 6. The van der Waals surface area contributed by atoms with E-state index in [9.17, 15) is 13.5 Å². The maximum Gasteiger partial charge on any atom is 0.240 e. The summed E-state index contributed by atoms with van der Waals surface area (Å²) in [5.41, 5.74) is 1.84. The SMILES string of the molecule is Cc1c(CO)cc(Cl)cc1S(=O)(=O)NCCc1cnc[nH]1. The molecule has 0 saturated carbocycles. The van der Waals surface area contributed by atoms with Crippen LogP contribution in [-0.2, 0) is 23.1 Å². The molecule has 0 amide bonds. The van der Waals surface area contributed by atoms with Crippen LogP contribution in [0.5, 0.6) is 0 Å². The molecular formula is C13H16ClN3O3S. The molecule has 0 spiro atoms. The number of halogens is 1. The lowest BCUT2D eigenvalue weighted by atomic mass is 10.1. The third-order valence-corrected chi connectivity index (χ3v) is 4.94. The van der Waals surface area contributed by atoms with Crippen LogP contribution in [0.1, 0.15) is 16.8 Å². The Hall–Kier alpha value is -1.41. The number of aromatic nitrogens is 2. The second-order valence-electron chi connectivity index (χ2n) is 4.57. The average molecular weight is 330 g/mol. The first-order valence-electron chi connectivity index (χ1n) is 6.31. The van der Waals surface area contributed by atoms with Crippen molar-refractivity contribution in [1.82, 2.24) is 14.7 Å². The number of sulfonamides is 1. The smallest absolute Gasteiger partial charge is 0.240 e. The van der Waals surface area contributed by atoms with Gasteiger partial charge in [0.2, 0.25) is 10.0 Å². The summed E-state index contributed by atoms with van der Waals surface area (Å²) in [5, 5.41) is 9.53. The number of aliphatic hydroxyl groups is 1. The Morgan fingerprint density at radius 2 is 2.19 bits per heavy atom. The third kappa shape index (κ3) is 3.82. The highest BCUT2D eigenvalue weighted by Gasteiger charge is 2.19. The molecule has 21 heavy (non-hydrogen) atoms. The number of hydrogen-bond donors (Lipinski definition) is 3. The van der Waals surface area contributed by atoms with Gasteiger partial charge in [-0.25, -0.2) is 18.1 Å². The summed E-state index contributed by atoms with van der Waals surface area (Å²) in [6.07, 6.45) is 3.69. The minimum absolute atomic E-state index is 0.0867. The van der Waals surface area contributed by atoms with Gasteiger partial charge in [0, 0.05) is 29.9 Å². The molecule has 0 aliphatic rings. The maximum absolute atomic E-state index is 12.3. The van der Waals surface area contributed by atoms with Gasteiger partial charge in [-0.1, -0.05) is 11.6 Å². The van der Waals surface area contributed by atoms with Crippen LogP contribution in [0.15, 0.2) is 29.6 Å².